The maximum Gasteiger partial charge on any atom is 0.241 e. The summed E-state index contributed by atoms with van der Waals surface area (Å²) >= 11 is 0. The second kappa shape index (κ2) is 12.1. The maximum atomic E-state index is 12.2. The van der Waals surface area contributed by atoms with Crippen LogP contribution in [0.25, 0.3) is 0 Å². The fraction of sp³-hybridized carbons (Fsp3) is 0.812. The molecule has 1 rings (SSSR count). The van der Waals surface area contributed by atoms with E-state index in [1.807, 2.05) is 0 Å². The summed E-state index contributed by atoms with van der Waals surface area (Å²) in [5.74, 6) is 0.0108. The lowest BCUT2D eigenvalue weighted by Crippen LogP contribution is -2.48. The molecule has 0 aromatic carbocycles. The zero-order valence-electron chi connectivity index (χ0n) is 14.7. The molecule has 0 aromatic heterocycles. The van der Waals surface area contributed by atoms with Gasteiger partial charge >= 0.3 is 0 Å². The number of likely N-dealkylation sites (tertiary alicyclic amines) is 1. The maximum absolute atomic E-state index is 12.2. The summed E-state index contributed by atoms with van der Waals surface area (Å²) in [6, 6.07) is 0. The van der Waals surface area contributed by atoms with Crippen molar-refractivity contribution in [2.45, 2.75) is 39.5 Å². The smallest absolute Gasteiger partial charge is 0.241 e. The minimum absolute atomic E-state index is 0. The van der Waals surface area contributed by atoms with Crippen LogP contribution in [0.15, 0.2) is 0 Å². The number of nitrogens with one attached hydrogen (secondary N) is 2. The number of nitrogens with two attached hydrogens (primary N) is 1. The molecular formula is C16H31ClN4O3. The lowest BCUT2D eigenvalue weighted by molar-refractivity contribution is -0.136. The summed E-state index contributed by atoms with van der Waals surface area (Å²) in [7, 11) is 0. The number of nitrogens with zero attached hydrogens (tertiary/aromatic N) is 1. The first-order valence-corrected chi connectivity index (χ1v) is 8.46. The normalized spacial score (nSPS) is 17.2. The largest absolute Gasteiger partial charge is 0.355 e. The molecule has 3 amide bonds. The highest BCUT2D eigenvalue weighted by Crippen LogP contribution is 2.16. The molecule has 1 heterocycles. The average Bonchev–Trinajstić information content (AvgIpc) is 2.55. The van der Waals surface area contributed by atoms with Crippen molar-refractivity contribution in [3.63, 3.8) is 0 Å². The quantitative estimate of drug-likeness (QED) is 0.576. The molecule has 1 saturated heterocycles. The average molecular weight is 363 g/mol. The standard InChI is InChI=1S/C16H30N4O3.ClH/c1-12(2)5-6-14(21)19-10-15(22)20-9-3-4-13(11-20)16(23)18-8-7-17;/h12-13H,3-11,17H2,1-2H3,(H,18,23)(H,19,21);1H. The molecule has 1 fully saturated rings. The van der Waals surface area contributed by atoms with Crippen LogP contribution < -0.4 is 16.4 Å². The minimum atomic E-state index is -0.184. The molecule has 1 aliphatic rings. The Morgan fingerprint density at radius 1 is 1.25 bits per heavy atom. The number of amides is 3. The second-order valence-electron chi connectivity index (χ2n) is 6.47. The summed E-state index contributed by atoms with van der Waals surface area (Å²) in [5, 5.41) is 5.43. The first kappa shape index (κ1) is 22.7. The van der Waals surface area contributed by atoms with E-state index in [0.717, 1.165) is 19.3 Å². The van der Waals surface area contributed by atoms with Crippen LogP contribution in [-0.4, -0.2) is 55.3 Å². The molecule has 1 aliphatic heterocycles. The molecule has 0 bridgehead atoms. The van der Waals surface area contributed by atoms with E-state index < -0.39 is 0 Å². The Morgan fingerprint density at radius 3 is 2.58 bits per heavy atom. The molecule has 0 radical (unpaired) electrons. The van der Waals surface area contributed by atoms with Crippen molar-refractivity contribution in [3.05, 3.63) is 0 Å². The van der Waals surface area contributed by atoms with Crippen LogP contribution in [0.2, 0.25) is 0 Å². The van der Waals surface area contributed by atoms with Crippen molar-refractivity contribution in [3.8, 4) is 0 Å². The summed E-state index contributed by atoms with van der Waals surface area (Å²) in [5.41, 5.74) is 5.37. The van der Waals surface area contributed by atoms with Crippen LogP contribution in [0, 0.1) is 11.8 Å². The van der Waals surface area contributed by atoms with Gasteiger partial charge in [-0.25, -0.2) is 0 Å². The highest BCUT2D eigenvalue weighted by atomic mass is 35.5. The van der Waals surface area contributed by atoms with Gasteiger partial charge in [0, 0.05) is 32.6 Å². The molecule has 0 aliphatic carbocycles. The van der Waals surface area contributed by atoms with Crippen LogP contribution >= 0.6 is 12.4 Å². The summed E-state index contributed by atoms with van der Waals surface area (Å²) in [4.78, 5) is 37.5. The van der Waals surface area contributed by atoms with Crippen molar-refractivity contribution in [1.29, 1.82) is 0 Å². The Balaban J connectivity index is 0.00000529. The van der Waals surface area contributed by atoms with Gasteiger partial charge in [0.25, 0.3) is 0 Å². The van der Waals surface area contributed by atoms with E-state index in [1.54, 1.807) is 4.90 Å². The molecule has 1 unspecified atom stereocenters. The zero-order valence-corrected chi connectivity index (χ0v) is 15.5. The van der Waals surface area contributed by atoms with E-state index in [9.17, 15) is 14.4 Å². The molecular weight excluding hydrogens is 332 g/mol. The molecule has 8 heteroatoms. The van der Waals surface area contributed by atoms with Gasteiger partial charge in [0.15, 0.2) is 0 Å². The van der Waals surface area contributed by atoms with Gasteiger partial charge in [-0.3, -0.25) is 14.4 Å². The molecule has 24 heavy (non-hydrogen) atoms. The zero-order chi connectivity index (χ0) is 17.2. The van der Waals surface area contributed by atoms with Crippen molar-refractivity contribution in [2.75, 3.05) is 32.7 Å². The molecule has 1 atom stereocenters. The third kappa shape index (κ3) is 8.49. The molecule has 7 nitrogen and oxygen atoms in total. The summed E-state index contributed by atoms with van der Waals surface area (Å²) in [6.45, 7) is 6.04. The van der Waals surface area contributed by atoms with E-state index in [0.29, 0.717) is 38.5 Å². The van der Waals surface area contributed by atoms with E-state index >= 15 is 0 Å². The van der Waals surface area contributed by atoms with E-state index in [2.05, 4.69) is 24.5 Å². The van der Waals surface area contributed by atoms with Gasteiger partial charge in [-0.1, -0.05) is 13.8 Å². The third-order valence-corrected chi connectivity index (χ3v) is 3.97. The lowest BCUT2D eigenvalue weighted by Gasteiger charge is -2.32. The monoisotopic (exact) mass is 362 g/mol. The van der Waals surface area contributed by atoms with Gasteiger partial charge in [0.1, 0.15) is 0 Å². The topological polar surface area (TPSA) is 105 Å². The fourth-order valence-electron chi connectivity index (χ4n) is 2.55. The van der Waals surface area contributed by atoms with Crippen molar-refractivity contribution in [1.82, 2.24) is 15.5 Å². The number of rotatable bonds is 8. The molecule has 0 aromatic rings. The summed E-state index contributed by atoms with van der Waals surface area (Å²) in [6.07, 6.45) is 2.83. The number of carbonyl (C=O) groups excluding carboxylic acids is 3. The minimum Gasteiger partial charge on any atom is -0.355 e. The van der Waals surface area contributed by atoms with Gasteiger partial charge in [0.2, 0.25) is 17.7 Å². The van der Waals surface area contributed by atoms with Crippen molar-refractivity contribution < 1.29 is 14.4 Å². The Morgan fingerprint density at radius 2 is 1.96 bits per heavy atom. The Kier molecular flexibility index (Phi) is 11.4. The highest BCUT2D eigenvalue weighted by Gasteiger charge is 2.28. The van der Waals surface area contributed by atoms with E-state index in [4.69, 9.17) is 5.73 Å². The van der Waals surface area contributed by atoms with Crippen molar-refractivity contribution in [2.24, 2.45) is 17.6 Å². The second-order valence-corrected chi connectivity index (χ2v) is 6.47. The number of carbonyl (C=O) groups is 3. The van der Waals surface area contributed by atoms with Gasteiger partial charge < -0.3 is 21.3 Å². The van der Waals surface area contributed by atoms with Crippen molar-refractivity contribution >= 4 is 30.1 Å². The predicted molar refractivity (Wildman–Crippen MR) is 95.7 cm³/mol. The predicted octanol–water partition coefficient (Wildman–Crippen LogP) is 0.274. The van der Waals surface area contributed by atoms with Crippen LogP contribution in [0.5, 0.6) is 0 Å². The van der Waals surface area contributed by atoms with Gasteiger partial charge in [-0.2, -0.15) is 0 Å². The Bertz CT molecular complexity index is 418. The number of halogens is 1. The van der Waals surface area contributed by atoms with E-state index in [1.165, 1.54) is 0 Å². The molecule has 4 N–H and O–H groups in total. The SMILES string of the molecule is CC(C)CCC(=O)NCC(=O)N1CCCC(C(=O)NCCN)C1.Cl. The van der Waals surface area contributed by atoms with Crippen LogP contribution in [0.3, 0.4) is 0 Å². The number of hydrogen-bond acceptors (Lipinski definition) is 4. The van der Waals surface area contributed by atoms with Gasteiger partial charge in [0.05, 0.1) is 12.5 Å². The lowest BCUT2D eigenvalue weighted by atomic mass is 9.97. The van der Waals surface area contributed by atoms with Crippen LogP contribution in [0.4, 0.5) is 0 Å². The fourth-order valence-corrected chi connectivity index (χ4v) is 2.55. The van der Waals surface area contributed by atoms with Gasteiger partial charge in [-0.05, 0) is 25.2 Å². The Hall–Kier alpha value is -1.34. The van der Waals surface area contributed by atoms with Crippen LogP contribution in [-0.2, 0) is 14.4 Å². The molecule has 0 spiro atoms. The summed E-state index contributed by atoms with van der Waals surface area (Å²) < 4.78 is 0. The molecule has 0 saturated carbocycles. The number of piperidine rings is 1. The van der Waals surface area contributed by atoms with E-state index in [-0.39, 0.29) is 42.6 Å². The third-order valence-electron chi connectivity index (χ3n) is 3.97. The highest BCUT2D eigenvalue weighted by molar-refractivity contribution is 5.86. The first-order valence-electron chi connectivity index (χ1n) is 8.46. The van der Waals surface area contributed by atoms with Crippen LogP contribution in [0.1, 0.15) is 39.5 Å². The van der Waals surface area contributed by atoms with Gasteiger partial charge in [-0.15, -0.1) is 12.4 Å². The first-order chi connectivity index (χ1) is 10.9. The number of hydrogen-bond donors (Lipinski definition) is 3. The molecule has 140 valence electrons. The Labute approximate surface area is 150 Å².